The third-order valence-electron chi connectivity index (χ3n) is 6.78. The molecule has 204 valence electrons. The minimum Gasteiger partial charge on any atom is -0.481 e. The maximum Gasteiger partial charge on any atom is 0.323 e. The Balaban J connectivity index is 1.28. The van der Waals surface area contributed by atoms with Crippen LogP contribution >= 0.6 is 11.3 Å². The number of nitrogens with one attached hydrogen (secondary N) is 2. The van der Waals surface area contributed by atoms with E-state index < -0.39 is 0 Å². The number of carbonyl (C=O) groups excluding carboxylic acids is 1. The van der Waals surface area contributed by atoms with E-state index in [1.54, 1.807) is 13.3 Å². The highest BCUT2D eigenvalue weighted by atomic mass is 32.1. The van der Waals surface area contributed by atoms with Gasteiger partial charge in [0.1, 0.15) is 0 Å². The number of ether oxygens (including phenoxy) is 1. The van der Waals surface area contributed by atoms with E-state index in [0.29, 0.717) is 37.2 Å². The summed E-state index contributed by atoms with van der Waals surface area (Å²) in [4.78, 5) is 24.3. The van der Waals surface area contributed by atoms with E-state index in [1.165, 1.54) is 22.5 Å². The maximum absolute atomic E-state index is 13.5. The molecule has 0 bridgehead atoms. The van der Waals surface area contributed by atoms with Crippen LogP contribution in [-0.2, 0) is 6.54 Å². The Labute approximate surface area is 238 Å². The number of pyridine rings is 1. The van der Waals surface area contributed by atoms with Crippen LogP contribution in [0.1, 0.15) is 29.0 Å². The van der Waals surface area contributed by atoms with Gasteiger partial charge in [-0.15, -0.1) is 0 Å². The van der Waals surface area contributed by atoms with Gasteiger partial charge in [0.15, 0.2) is 5.13 Å². The zero-order chi connectivity index (χ0) is 27.6. The number of hydrogen-bond donors (Lipinski definition) is 2. The van der Waals surface area contributed by atoms with Crippen molar-refractivity contribution >= 4 is 32.7 Å². The Kier molecular flexibility index (Phi) is 9.34. The van der Waals surface area contributed by atoms with E-state index in [1.807, 2.05) is 53.4 Å². The van der Waals surface area contributed by atoms with Crippen LogP contribution in [0, 0.1) is 0 Å². The smallest absolute Gasteiger partial charge is 0.323 e. The van der Waals surface area contributed by atoms with Crippen LogP contribution in [0.5, 0.6) is 5.88 Å². The van der Waals surface area contributed by atoms with Gasteiger partial charge in [0.2, 0.25) is 5.88 Å². The lowest BCUT2D eigenvalue weighted by Crippen LogP contribution is -2.40. The fourth-order valence-corrected chi connectivity index (χ4v) is 5.53. The number of benzene rings is 3. The third kappa shape index (κ3) is 7.22. The molecule has 0 saturated heterocycles. The SMILES string of the molecule is COc1ccc(CNCCN(CCC(c2ccccc2)c2ccccc2)C(=O)Nc2nc3ccccc3s2)cn1. The minimum absolute atomic E-state index is 0.146. The zero-order valence-electron chi connectivity index (χ0n) is 22.5. The molecule has 5 rings (SSSR count). The van der Waals surface area contributed by atoms with Gasteiger partial charge >= 0.3 is 6.03 Å². The number of para-hydroxylation sites is 1. The summed E-state index contributed by atoms with van der Waals surface area (Å²) in [6.07, 6.45) is 2.59. The molecule has 0 fully saturated rings. The molecule has 5 aromatic rings. The number of amides is 2. The number of urea groups is 1. The van der Waals surface area contributed by atoms with Crippen LogP contribution in [0.15, 0.2) is 103 Å². The molecular weight excluding hydrogens is 518 g/mol. The van der Waals surface area contributed by atoms with Gasteiger partial charge in [-0.3, -0.25) is 5.32 Å². The second-order valence-electron chi connectivity index (χ2n) is 9.45. The fraction of sp³-hybridized carbons (Fsp3) is 0.219. The van der Waals surface area contributed by atoms with E-state index in [9.17, 15) is 4.79 Å². The highest BCUT2D eigenvalue weighted by Gasteiger charge is 2.20. The van der Waals surface area contributed by atoms with Crippen molar-refractivity contribution in [2.24, 2.45) is 0 Å². The monoisotopic (exact) mass is 551 g/mol. The number of aromatic nitrogens is 2. The number of nitrogens with zero attached hydrogens (tertiary/aromatic N) is 3. The normalized spacial score (nSPS) is 11.1. The van der Waals surface area contributed by atoms with Gasteiger partial charge in [0.25, 0.3) is 0 Å². The lowest BCUT2D eigenvalue weighted by atomic mass is 9.88. The van der Waals surface area contributed by atoms with Gasteiger partial charge in [0.05, 0.1) is 17.3 Å². The lowest BCUT2D eigenvalue weighted by molar-refractivity contribution is 0.210. The average molecular weight is 552 g/mol. The minimum atomic E-state index is -0.146. The van der Waals surface area contributed by atoms with E-state index in [2.05, 4.69) is 69.1 Å². The van der Waals surface area contributed by atoms with Crippen LogP contribution in [0.4, 0.5) is 9.93 Å². The molecule has 0 aliphatic rings. The summed E-state index contributed by atoms with van der Waals surface area (Å²) in [6, 6.07) is 32.6. The lowest BCUT2D eigenvalue weighted by Gasteiger charge is -2.26. The number of thiazole rings is 1. The van der Waals surface area contributed by atoms with E-state index in [0.717, 1.165) is 22.2 Å². The molecule has 0 aliphatic carbocycles. The molecule has 0 aliphatic heterocycles. The number of carbonyl (C=O) groups is 1. The van der Waals surface area contributed by atoms with Crippen molar-refractivity contribution < 1.29 is 9.53 Å². The molecule has 2 heterocycles. The quantitative estimate of drug-likeness (QED) is 0.172. The summed E-state index contributed by atoms with van der Waals surface area (Å²) >= 11 is 1.49. The Morgan fingerprint density at radius 1 is 0.900 bits per heavy atom. The molecule has 2 aromatic heterocycles. The predicted octanol–water partition coefficient (Wildman–Crippen LogP) is 6.55. The summed E-state index contributed by atoms with van der Waals surface area (Å²) in [5.41, 5.74) is 4.42. The zero-order valence-corrected chi connectivity index (χ0v) is 23.3. The number of rotatable bonds is 12. The summed E-state index contributed by atoms with van der Waals surface area (Å²) < 4.78 is 6.19. The molecule has 2 amide bonds. The van der Waals surface area contributed by atoms with E-state index in [4.69, 9.17) is 4.74 Å². The van der Waals surface area contributed by atoms with E-state index >= 15 is 0 Å². The van der Waals surface area contributed by atoms with Crippen LogP contribution in [-0.4, -0.2) is 47.6 Å². The van der Waals surface area contributed by atoms with Crippen molar-refractivity contribution in [2.45, 2.75) is 18.9 Å². The maximum atomic E-state index is 13.5. The first kappa shape index (κ1) is 27.3. The second kappa shape index (κ2) is 13.7. The van der Waals surface area contributed by atoms with Gasteiger partial charge in [-0.1, -0.05) is 90.2 Å². The summed E-state index contributed by atoms with van der Waals surface area (Å²) in [7, 11) is 1.61. The van der Waals surface area contributed by atoms with Gasteiger partial charge in [-0.05, 0) is 35.2 Å². The summed E-state index contributed by atoms with van der Waals surface area (Å²) in [5.74, 6) is 0.770. The van der Waals surface area contributed by atoms with Crippen LogP contribution in [0.3, 0.4) is 0 Å². The van der Waals surface area contributed by atoms with Crippen LogP contribution in [0.2, 0.25) is 0 Å². The first-order chi connectivity index (χ1) is 19.7. The van der Waals surface area contributed by atoms with Crippen molar-refractivity contribution in [3.05, 3.63) is 120 Å². The van der Waals surface area contributed by atoms with E-state index in [-0.39, 0.29) is 11.9 Å². The number of methoxy groups -OCH3 is 1. The fourth-order valence-electron chi connectivity index (χ4n) is 4.68. The first-order valence-corrected chi connectivity index (χ1v) is 14.2. The van der Waals surface area contributed by atoms with Crippen molar-refractivity contribution in [3.8, 4) is 5.88 Å². The first-order valence-electron chi connectivity index (χ1n) is 13.4. The molecule has 2 N–H and O–H groups in total. The van der Waals surface area contributed by atoms with Gasteiger partial charge in [-0.25, -0.2) is 14.8 Å². The number of anilines is 1. The summed E-state index contributed by atoms with van der Waals surface area (Å²) in [6.45, 7) is 2.44. The van der Waals surface area contributed by atoms with Crippen molar-refractivity contribution in [2.75, 3.05) is 32.1 Å². The highest BCUT2D eigenvalue weighted by Crippen LogP contribution is 2.29. The molecule has 0 atom stereocenters. The van der Waals surface area contributed by atoms with Gasteiger partial charge in [0, 0.05) is 44.4 Å². The second-order valence-corrected chi connectivity index (χ2v) is 10.5. The Hall–Kier alpha value is -4.27. The molecule has 8 heteroatoms. The highest BCUT2D eigenvalue weighted by molar-refractivity contribution is 7.22. The molecule has 3 aromatic carbocycles. The Bertz CT molecular complexity index is 1420. The topological polar surface area (TPSA) is 79.4 Å². The molecular formula is C32H33N5O2S. The average Bonchev–Trinajstić information content (AvgIpc) is 3.42. The van der Waals surface area contributed by atoms with Crippen LogP contribution < -0.4 is 15.4 Å². The molecule has 0 unspecified atom stereocenters. The Morgan fingerprint density at radius 3 is 2.25 bits per heavy atom. The third-order valence-corrected chi connectivity index (χ3v) is 7.73. The largest absolute Gasteiger partial charge is 0.481 e. The number of hydrogen-bond acceptors (Lipinski definition) is 6. The van der Waals surface area contributed by atoms with Crippen molar-refractivity contribution in [1.29, 1.82) is 0 Å². The predicted molar refractivity (Wildman–Crippen MR) is 162 cm³/mol. The molecule has 0 spiro atoms. The van der Waals surface area contributed by atoms with Crippen LogP contribution in [0.25, 0.3) is 10.2 Å². The Morgan fingerprint density at radius 2 is 1.60 bits per heavy atom. The molecule has 40 heavy (non-hydrogen) atoms. The van der Waals surface area contributed by atoms with Gasteiger partial charge < -0.3 is 15.0 Å². The molecule has 0 saturated carbocycles. The number of fused-ring (bicyclic) bond motifs is 1. The summed E-state index contributed by atoms with van der Waals surface area (Å²) in [5, 5.41) is 7.10. The van der Waals surface area contributed by atoms with Crippen molar-refractivity contribution in [3.63, 3.8) is 0 Å². The van der Waals surface area contributed by atoms with Crippen molar-refractivity contribution in [1.82, 2.24) is 20.2 Å². The standard InChI is InChI=1S/C32H33N5O2S/c1-39-30-17-16-24(23-34-30)22-33-19-21-37(32(38)36-31-35-28-14-8-9-15-29(28)40-31)20-18-27(25-10-4-2-5-11-25)26-12-6-3-7-13-26/h2-17,23,27,33H,18-22H2,1H3,(H,35,36,38). The molecule has 0 radical (unpaired) electrons. The molecule has 7 nitrogen and oxygen atoms in total. The van der Waals surface area contributed by atoms with Gasteiger partial charge in [-0.2, -0.15) is 0 Å².